The highest BCUT2D eigenvalue weighted by Crippen LogP contribution is 2.36. The molecule has 0 saturated carbocycles. The molecule has 186 valence electrons. The number of methoxy groups -OCH3 is 1. The van der Waals surface area contributed by atoms with Crippen molar-refractivity contribution in [1.29, 1.82) is 0 Å². The molecule has 1 saturated heterocycles. The number of amides is 1. The minimum Gasteiger partial charge on any atom is -0.493 e. The Hall–Kier alpha value is -4.02. The maximum atomic E-state index is 12.9. The number of alkyl halides is 3. The Labute approximate surface area is 200 Å². The van der Waals surface area contributed by atoms with E-state index in [0.717, 1.165) is 17.7 Å². The third-order valence-corrected chi connectivity index (χ3v) is 5.39. The van der Waals surface area contributed by atoms with Gasteiger partial charge < -0.3 is 19.3 Å². The second-order valence-electron chi connectivity index (χ2n) is 7.61. The number of nitro benzene ring substituents is 1. The Morgan fingerprint density at radius 1 is 1.14 bits per heavy atom. The number of ether oxygens (including phenoxy) is 2. The predicted molar refractivity (Wildman–Crippen MR) is 125 cm³/mol. The minimum atomic E-state index is -4.68. The molecule has 35 heavy (non-hydrogen) atoms. The molecule has 1 amide bonds. The molecule has 0 spiro atoms. The van der Waals surface area contributed by atoms with Crippen LogP contribution < -0.4 is 14.4 Å². The first-order valence-corrected chi connectivity index (χ1v) is 10.6. The van der Waals surface area contributed by atoms with Crippen LogP contribution in [0.3, 0.4) is 0 Å². The lowest BCUT2D eigenvalue weighted by molar-refractivity contribution is -0.384. The van der Waals surface area contributed by atoms with E-state index in [1.807, 2.05) is 0 Å². The molecule has 0 aliphatic carbocycles. The van der Waals surface area contributed by atoms with Crippen molar-refractivity contribution in [3.63, 3.8) is 0 Å². The lowest BCUT2D eigenvalue weighted by atomic mass is 10.1. The van der Waals surface area contributed by atoms with Crippen molar-refractivity contribution in [2.24, 2.45) is 0 Å². The van der Waals surface area contributed by atoms with Crippen LogP contribution in [0.2, 0.25) is 0 Å². The fraction of sp³-hybridized carbons (Fsp3) is 0.292. The first kappa shape index (κ1) is 25.6. The number of hydrogen-bond acceptors (Lipinski definition) is 6. The number of benzene rings is 2. The van der Waals surface area contributed by atoms with E-state index in [4.69, 9.17) is 9.47 Å². The molecule has 11 heteroatoms. The second kappa shape index (κ2) is 10.9. The third-order valence-electron chi connectivity index (χ3n) is 5.39. The lowest BCUT2D eigenvalue weighted by Gasteiger charge is -2.35. The van der Waals surface area contributed by atoms with E-state index in [0.29, 0.717) is 24.2 Å². The van der Waals surface area contributed by atoms with Crippen LogP contribution in [0.25, 0.3) is 6.08 Å². The molecule has 3 rings (SSSR count). The van der Waals surface area contributed by atoms with Crippen LogP contribution in [0.4, 0.5) is 24.5 Å². The van der Waals surface area contributed by atoms with Gasteiger partial charge in [0, 0.05) is 38.3 Å². The Morgan fingerprint density at radius 3 is 2.46 bits per heavy atom. The van der Waals surface area contributed by atoms with E-state index in [-0.39, 0.29) is 37.8 Å². The van der Waals surface area contributed by atoms with Crippen molar-refractivity contribution in [1.82, 2.24) is 4.90 Å². The van der Waals surface area contributed by atoms with Gasteiger partial charge in [0.1, 0.15) is 12.3 Å². The molecule has 1 fully saturated rings. The number of carbonyl (C=O) groups excluding carboxylic acids is 1. The Morgan fingerprint density at radius 2 is 1.86 bits per heavy atom. The van der Waals surface area contributed by atoms with Crippen LogP contribution in [-0.4, -0.2) is 55.6 Å². The molecule has 1 aliphatic heterocycles. The first-order chi connectivity index (χ1) is 16.6. The van der Waals surface area contributed by atoms with E-state index in [1.165, 1.54) is 13.2 Å². The van der Waals surface area contributed by atoms with Crippen LogP contribution in [-0.2, 0) is 11.0 Å². The maximum absolute atomic E-state index is 12.9. The largest absolute Gasteiger partial charge is 0.493 e. The van der Waals surface area contributed by atoms with E-state index >= 15 is 0 Å². The maximum Gasteiger partial charge on any atom is 0.416 e. The summed E-state index contributed by atoms with van der Waals surface area (Å²) >= 11 is 0. The van der Waals surface area contributed by atoms with Crippen molar-refractivity contribution in [3.8, 4) is 11.5 Å². The van der Waals surface area contributed by atoms with Gasteiger partial charge in [-0.25, -0.2) is 0 Å². The van der Waals surface area contributed by atoms with E-state index in [1.54, 1.807) is 40.2 Å². The molecular weight excluding hydrogens is 467 g/mol. The number of rotatable bonds is 8. The summed E-state index contributed by atoms with van der Waals surface area (Å²) in [5, 5.41) is 11.4. The van der Waals surface area contributed by atoms with Crippen LogP contribution in [0.1, 0.15) is 11.1 Å². The molecule has 0 aromatic heterocycles. The van der Waals surface area contributed by atoms with Gasteiger partial charge in [-0.1, -0.05) is 18.7 Å². The predicted octanol–water partition coefficient (Wildman–Crippen LogP) is 4.55. The van der Waals surface area contributed by atoms with Gasteiger partial charge in [-0.05, 0) is 35.9 Å². The molecule has 0 N–H and O–H groups in total. The summed E-state index contributed by atoms with van der Waals surface area (Å²) in [4.78, 5) is 26.4. The Bertz CT molecular complexity index is 1130. The molecule has 0 bridgehead atoms. The summed E-state index contributed by atoms with van der Waals surface area (Å²) in [6.07, 6.45) is -0.0182. The summed E-state index contributed by atoms with van der Waals surface area (Å²) < 4.78 is 49.7. The SMILES string of the molecule is C=CCOc1ccc(/C=C/C(=O)N2CCN(c3ccc(C(F)(F)F)cc3[N+](=O)[O-])CC2)cc1OC. The molecular formula is C24H24F3N3O5. The van der Waals surface area contributed by atoms with Crippen molar-refractivity contribution < 1.29 is 32.4 Å². The average molecular weight is 491 g/mol. The minimum absolute atomic E-state index is 0.0940. The van der Waals surface area contributed by atoms with Gasteiger partial charge in [0.05, 0.1) is 17.6 Å². The zero-order valence-electron chi connectivity index (χ0n) is 19.0. The number of halogens is 3. The summed E-state index contributed by atoms with van der Waals surface area (Å²) in [5.74, 6) is 0.801. The van der Waals surface area contributed by atoms with Crippen LogP contribution in [0.15, 0.2) is 55.1 Å². The zero-order valence-corrected chi connectivity index (χ0v) is 19.0. The topological polar surface area (TPSA) is 85.2 Å². The Balaban J connectivity index is 1.65. The average Bonchev–Trinajstić information content (AvgIpc) is 2.85. The van der Waals surface area contributed by atoms with E-state index in [2.05, 4.69) is 6.58 Å². The molecule has 8 nitrogen and oxygen atoms in total. The molecule has 0 unspecified atom stereocenters. The number of carbonyl (C=O) groups is 1. The third kappa shape index (κ3) is 6.31. The van der Waals surface area contributed by atoms with Crippen molar-refractivity contribution >= 4 is 23.4 Å². The van der Waals surface area contributed by atoms with Crippen LogP contribution in [0.5, 0.6) is 11.5 Å². The standard InChI is InChI=1S/C24H24F3N3O5/c1-3-14-35-21-8-4-17(15-22(21)34-2)5-9-23(31)29-12-10-28(11-13-29)19-7-6-18(24(25,26)27)16-20(19)30(32)33/h3-9,15-16H,1,10-14H2,2H3/b9-5+. The molecule has 0 atom stereocenters. The number of nitro groups is 1. The fourth-order valence-corrected chi connectivity index (χ4v) is 3.61. The van der Waals surface area contributed by atoms with Crippen LogP contribution >= 0.6 is 0 Å². The first-order valence-electron chi connectivity index (χ1n) is 10.6. The van der Waals surface area contributed by atoms with Gasteiger partial charge in [0.2, 0.25) is 5.91 Å². The quantitative estimate of drug-likeness (QED) is 0.233. The molecule has 2 aromatic rings. The van der Waals surface area contributed by atoms with Crippen molar-refractivity contribution in [3.05, 3.63) is 76.4 Å². The van der Waals surface area contributed by atoms with Crippen molar-refractivity contribution in [2.75, 3.05) is 44.8 Å². The van der Waals surface area contributed by atoms with Gasteiger partial charge in [0.15, 0.2) is 11.5 Å². The Kier molecular flexibility index (Phi) is 8.00. The van der Waals surface area contributed by atoms with Gasteiger partial charge in [-0.2, -0.15) is 13.2 Å². The van der Waals surface area contributed by atoms with Crippen LogP contribution in [0, 0.1) is 10.1 Å². The smallest absolute Gasteiger partial charge is 0.416 e. The summed E-state index contributed by atoms with van der Waals surface area (Å²) in [6, 6.07) is 7.69. The zero-order chi connectivity index (χ0) is 25.6. The summed E-state index contributed by atoms with van der Waals surface area (Å²) in [6.45, 7) is 4.94. The van der Waals surface area contributed by atoms with Crippen molar-refractivity contribution in [2.45, 2.75) is 6.18 Å². The van der Waals surface area contributed by atoms with Gasteiger partial charge >= 0.3 is 6.18 Å². The number of nitrogens with zero attached hydrogens (tertiary/aromatic N) is 3. The highest BCUT2D eigenvalue weighted by Gasteiger charge is 2.34. The number of anilines is 1. The molecule has 1 aliphatic rings. The number of piperazine rings is 1. The van der Waals surface area contributed by atoms with Gasteiger partial charge in [-0.15, -0.1) is 0 Å². The van der Waals surface area contributed by atoms with Gasteiger partial charge in [0.25, 0.3) is 5.69 Å². The van der Waals surface area contributed by atoms with E-state index < -0.39 is 22.4 Å². The molecule has 0 radical (unpaired) electrons. The lowest BCUT2D eigenvalue weighted by Crippen LogP contribution is -2.48. The molecule has 1 heterocycles. The summed E-state index contributed by atoms with van der Waals surface area (Å²) in [7, 11) is 1.51. The monoisotopic (exact) mass is 491 g/mol. The summed E-state index contributed by atoms with van der Waals surface area (Å²) in [5.41, 5.74) is -0.880. The van der Waals surface area contributed by atoms with Gasteiger partial charge in [-0.3, -0.25) is 14.9 Å². The molecule has 2 aromatic carbocycles. The highest BCUT2D eigenvalue weighted by atomic mass is 19.4. The second-order valence-corrected chi connectivity index (χ2v) is 7.61. The normalized spacial score (nSPS) is 14.2. The fourth-order valence-electron chi connectivity index (χ4n) is 3.61. The van der Waals surface area contributed by atoms with E-state index in [9.17, 15) is 28.1 Å². The number of hydrogen-bond donors (Lipinski definition) is 0. The highest BCUT2D eigenvalue weighted by molar-refractivity contribution is 5.92.